The van der Waals surface area contributed by atoms with Crippen LogP contribution in [0.25, 0.3) is 0 Å². The Balaban J connectivity index is 1.80. The molecule has 1 N–H and O–H groups in total. The highest BCUT2D eigenvalue weighted by Gasteiger charge is 2.21. The van der Waals surface area contributed by atoms with E-state index < -0.39 is 5.97 Å². The second-order valence-electron chi connectivity index (χ2n) is 5.23. The van der Waals surface area contributed by atoms with Gasteiger partial charge in [-0.05, 0) is 36.4 Å². The van der Waals surface area contributed by atoms with Crippen molar-refractivity contribution in [2.24, 2.45) is 0 Å². The normalized spacial score (nSPS) is 12.2. The molecule has 0 radical (unpaired) electrons. The lowest BCUT2D eigenvalue weighted by Crippen LogP contribution is -2.18. The third-order valence-electron chi connectivity index (χ3n) is 3.65. The lowest BCUT2D eigenvalue weighted by molar-refractivity contribution is 0.0600. The van der Waals surface area contributed by atoms with Gasteiger partial charge in [0.2, 0.25) is 5.75 Å². The van der Waals surface area contributed by atoms with E-state index in [1.807, 2.05) is 0 Å². The number of fused-ring (bicyclic) bond motifs is 1. The third-order valence-corrected chi connectivity index (χ3v) is 3.65. The molecular formula is C18H17NO6. The van der Waals surface area contributed by atoms with E-state index in [0.717, 1.165) is 0 Å². The van der Waals surface area contributed by atoms with Gasteiger partial charge in [-0.2, -0.15) is 0 Å². The van der Waals surface area contributed by atoms with E-state index >= 15 is 0 Å². The first-order valence-corrected chi connectivity index (χ1v) is 7.59. The zero-order valence-electron chi connectivity index (χ0n) is 13.8. The molecule has 0 spiro atoms. The fourth-order valence-electron chi connectivity index (χ4n) is 2.41. The fraction of sp³-hybridized carbons (Fsp3) is 0.222. The van der Waals surface area contributed by atoms with Crippen LogP contribution >= 0.6 is 0 Å². The molecule has 0 atom stereocenters. The summed E-state index contributed by atoms with van der Waals surface area (Å²) in [6.07, 6.45) is 0. The fourth-order valence-corrected chi connectivity index (χ4v) is 2.41. The average molecular weight is 343 g/mol. The first kappa shape index (κ1) is 16.6. The summed E-state index contributed by atoms with van der Waals surface area (Å²) in [5.41, 5.74) is 1.33. The van der Waals surface area contributed by atoms with Crippen molar-refractivity contribution in [3.8, 4) is 17.2 Å². The molecule has 1 heterocycles. The van der Waals surface area contributed by atoms with Crippen LogP contribution in [0.4, 0.5) is 5.69 Å². The lowest BCUT2D eigenvalue weighted by atomic mass is 10.1. The summed E-state index contributed by atoms with van der Waals surface area (Å²) in [5.74, 6) is 0.628. The highest BCUT2D eigenvalue weighted by Crippen LogP contribution is 2.40. The minimum Gasteiger partial charge on any atom is -0.493 e. The van der Waals surface area contributed by atoms with Crippen LogP contribution in [-0.4, -0.2) is 39.3 Å². The van der Waals surface area contributed by atoms with Crippen LogP contribution < -0.4 is 19.5 Å². The molecule has 25 heavy (non-hydrogen) atoms. The number of hydrogen-bond donors (Lipinski definition) is 1. The van der Waals surface area contributed by atoms with Crippen molar-refractivity contribution >= 4 is 17.6 Å². The Morgan fingerprint density at radius 3 is 2.40 bits per heavy atom. The summed E-state index contributed by atoms with van der Waals surface area (Å²) in [7, 11) is 2.81. The maximum atomic E-state index is 12.5. The molecule has 1 aliphatic heterocycles. The van der Waals surface area contributed by atoms with E-state index in [1.165, 1.54) is 14.2 Å². The summed E-state index contributed by atoms with van der Waals surface area (Å²) < 4.78 is 21.0. The number of anilines is 1. The van der Waals surface area contributed by atoms with Gasteiger partial charge in [0.25, 0.3) is 5.91 Å². The van der Waals surface area contributed by atoms with Crippen LogP contribution in [0.2, 0.25) is 0 Å². The van der Waals surface area contributed by atoms with Crippen molar-refractivity contribution in [3.63, 3.8) is 0 Å². The van der Waals surface area contributed by atoms with Crippen LogP contribution in [0.1, 0.15) is 20.7 Å². The van der Waals surface area contributed by atoms with Crippen molar-refractivity contribution in [3.05, 3.63) is 47.5 Å². The van der Waals surface area contributed by atoms with Gasteiger partial charge < -0.3 is 24.3 Å². The summed E-state index contributed by atoms with van der Waals surface area (Å²) in [6.45, 7) is 0.845. The Labute approximate surface area is 144 Å². The SMILES string of the molecule is COC(=O)c1ccc(NC(=O)c2cc(OC)c3c(c2)OCCO3)cc1. The number of rotatable bonds is 4. The smallest absolute Gasteiger partial charge is 0.337 e. The number of esters is 1. The van der Waals surface area contributed by atoms with Gasteiger partial charge in [0, 0.05) is 11.3 Å². The molecule has 0 fully saturated rings. The molecule has 0 saturated heterocycles. The standard InChI is InChI=1S/C18H17NO6/c1-22-14-9-12(10-15-16(14)25-8-7-24-15)17(20)19-13-5-3-11(4-6-13)18(21)23-2/h3-6,9-10H,7-8H2,1-2H3,(H,19,20). The number of carbonyl (C=O) groups is 2. The van der Waals surface area contributed by atoms with Gasteiger partial charge in [-0.25, -0.2) is 4.79 Å². The molecule has 2 aromatic carbocycles. The van der Waals surface area contributed by atoms with Crippen LogP contribution in [-0.2, 0) is 4.74 Å². The first-order chi connectivity index (χ1) is 12.1. The van der Waals surface area contributed by atoms with Gasteiger partial charge in [0.15, 0.2) is 11.5 Å². The molecule has 0 saturated carbocycles. The van der Waals surface area contributed by atoms with Crippen molar-refractivity contribution in [2.75, 3.05) is 32.8 Å². The monoisotopic (exact) mass is 343 g/mol. The average Bonchev–Trinajstić information content (AvgIpc) is 2.67. The number of carbonyl (C=O) groups excluding carboxylic acids is 2. The van der Waals surface area contributed by atoms with Crippen molar-refractivity contribution in [2.45, 2.75) is 0 Å². The quantitative estimate of drug-likeness (QED) is 0.859. The van der Waals surface area contributed by atoms with Crippen molar-refractivity contribution in [1.82, 2.24) is 0 Å². The van der Waals surface area contributed by atoms with Crippen LogP contribution in [0.5, 0.6) is 17.2 Å². The second-order valence-corrected chi connectivity index (χ2v) is 5.23. The predicted octanol–water partition coefficient (Wildman–Crippen LogP) is 2.51. The number of ether oxygens (including phenoxy) is 4. The topological polar surface area (TPSA) is 83.1 Å². The Morgan fingerprint density at radius 2 is 1.72 bits per heavy atom. The second kappa shape index (κ2) is 7.12. The van der Waals surface area contributed by atoms with Gasteiger partial charge in [0.05, 0.1) is 19.8 Å². The number of methoxy groups -OCH3 is 2. The van der Waals surface area contributed by atoms with Crippen LogP contribution in [0.3, 0.4) is 0 Å². The summed E-state index contributed by atoms with van der Waals surface area (Å²) in [4.78, 5) is 23.9. The molecule has 3 rings (SSSR count). The first-order valence-electron chi connectivity index (χ1n) is 7.59. The van der Waals surface area contributed by atoms with E-state index in [0.29, 0.717) is 47.3 Å². The Hall–Kier alpha value is -3.22. The van der Waals surface area contributed by atoms with Gasteiger partial charge >= 0.3 is 5.97 Å². The number of amides is 1. The molecule has 7 heteroatoms. The maximum Gasteiger partial charge on any atom is 0.337 e. The minimum atomic E-state index is -0.436. The highest BCUT2D eigenvalue weighted by atomic mass is 16.6. The molecule has 0 bridgehead atoms. The van der Waals surface area contributed by atoms with Crippen LogP contribution in [0.15, 0.2) is 36.4 Å². The lowest BCUT2D eigenvalue weighted by Gasteiger charge is -2.21. The summed E-state index contributed by atoms with van der Waals surface area (Å²) >= 11 is 0. The Bertz CT molecular complexity index is 783. The van der Waals surface area contributed by atoms with Crippen molar-refractivity contribution in [1.29, 1.82) is 0 Å². The highest BCUT2D eigenvalue weighted by molar-refractivity contribution is 6.05. The minimum absolute atomic E-state index is 0.332. The van der Waals surface area contributed by atoms with Gasteiger partial charge in [-0.3, -0.25) is 4.79 Å². The van der Waals surface area contributed by atoms with Crippen LogP contribution in [0, 0.1) is 0 Å². The molecule has 0 unspecified atom stereocenters. The molecule has 1 aliphatic rings. The predicted molar refractivity (Wildman–Crippen MR) is 89.7 cm³/mol. The Kier molecular flexibility index (Phi) is 4.74. The number of nitrogens with one attached hydrogen (secondary N) is 1. The van der Waals surface area contributed by atoms with Gasteiger partial charge in [-0.15, -0.1) is 0 Å². The third kappa shape index (κ3) is 3.50. The van der Waals surface area contributed by atoms with E-state index in [1.54, 1.807) is 36.4 Å². The van der Waals surface area contributed by atoms with E-state index in [2.05, 4.69) is 10.1 Å². The van der Waals surface area contributed by atoms with Gasteiger partial charge in [-0.1, -0.05) is 0 Å². The van der Waals surface area contributed by atoms with E-state index in [4.69, 9.17) is 14.2 Å². The zero-order chi connectivity index (χ0) is 17.8. The van der Waals surface area contributed by atoms with E-state index in [-0.39, 0.29) is 5.91 Å². The molecular weight excluding hydrogens is 326 g/mol. The molecule has 130 valence electrons. The summed E-state index contributed by atoms with van der Waals surface area (Å²) in [5, 5.41) is 2.76. The molecule has 0 aliphatic carbocycles. The molecule has 0 aromatic heterocycles. The van der Waals surface area contributed by atoms with Crippen molar-refractivity contribution < 1.29 is 28.5 Å². The molecule has 2 aromatic rings. The molecule has 7 nitrogen and oxygen atoms in total. The number of benzene rings is 2. The Morgan fingerprint density at radius 1 is 1.00 bits per heavy atom. The summed E-state index contributed by atoms with van der Waals surface area (Å²) in [6, 6.07) is 9.59. The molecule has 1 amide bonds. The largest absolute Gasteiger partial charge is 0.493 e. The maximum absolute atomic E-state index is 12.5. The van der Waals surface area contributed by atoms with Gasteiger partial charge in [0.1, 0.15) is 13.2 Å². The van der Waals surface area contributed by atoms with E-state index in [9.17, 15) is 9.59 Å². The zero-order valence-corrected chi connectivity index (χ0v) is 13.8. The number of hydrogen-bond acceptors (Lipinski definition) is 6.